The van der Waals surface area contributed by atoms with Crippen LogP contribution in [0, 0.1) is 12.8 Å². The second-order valence-electron chi connectivity index (χ2n) is 6.91. The SMILES string of the molecule is Cc1ccc(S(=O)(=O)N2C[C@H]3C(=O)C[C@@H](C)N(C)[C@H]3[C@@H]2C)cc1. The average Bonchev–Trinajstić information content (AvgIpc) is 2.84. The number of nitrogens with zero attached hydrogens (tertiary/aromatic N) is 2. The Morgan fingerprint density at radius 2 is 1.74 bits per heavy atom. The van der Waals surface area contributed by atoms with Crippen LogP contribution in [0.25, 0.3) is 0 Å². The maximum absolute atomic E-state index is 13.0. The summed E-state index contributed by atoms with van der Waals surface area (Å²) in [5.74, 6) is -0.0273. The lowest BCUT2D eigenvalue weighted by molar-refractivity contribution is -0.129. The van der Waals surface area contributed by atoms with E-state index in [0.29, 0.717) is 11.3 Å². The fourth-order valence-corrected chi connectivity index (χ4v) is 5.60. The van der Waals surface area contributed by atoms with Crippen LogP contribution in [-0.4, -0.2) is 55.1 Å². The highest BCUT2D eigenvalue weighted by molar-refractivity contribution is 7.89. The fraction of sp³-hybridized carbons (Fsp3) is 0.588. The lowest BCUT2D eigenvalue weighted by atomic mass is 9.85. The summed E-state index contributed by atoms with van der Waals surface area (Å²) in [5.41, 5.74) is 1.02. The molecule has 0 radical (unpaired) electrons. The Balaban J connectivity index is 1.95. The van der Waals surface area contributed by atoms with E-state index in [1.807, 2.05) is 27.8 Å². The van der Waals surface area contributed by atoms with Gasteiger partial charge in [0.2, 0.25) is 10.0 Å². The first kappa shape index (κ1) is 16.6. The summed E-state index contributed by atoms with van der Waals surface area (Å²) in [6.45, 7) is 6.16. The van der Waals surface area contributed by atoms with E-state index < -0.39 is 10.0 Å². The Hall–Kier alpha value is -1.24. The van der Waals surface area contributed by atoms with Gasteiger partial charge in [-0.25, -0.2) is 8.42 Å². The number of ketones is 1. The van der Waals surface area contributed by atoms with E-state index >= 15 is 0 Å². The molecule has 0 saturated carbocycles. The van der Waals surface area contributed by atoms with Crippen LogP contribution in [-0.2, 0) is 14.8 Å². The quantitative estimate of drug-likeness (QED) is 0.824. The number of sulfonamides is 1. The zero-order chi connectivity index (χ0) is 16.9. The Labute approximate surface area is 138 Å². The predicted molar refractivity (Wildman–Crippen MR) is 88.7 cm³/mol. The summed E-state index contributed by atoms with van der Waals surface area (Å²) >= 11 is 0. The molecule has 23 heavy (non-hydrogen) atoms. The number of rotatable bonds is 2. The van der Waals surface area contributed by atoms with E-state index in [1.54, 1.807) is 24.3 Å². The minimum Gasteiger partial charge on any atom is -0.299 e. The van der Waals surface area contributed by atoms with Crippen molar-refractivity contribution in [2.75, 3.05) is 13.6 Å². The molecule has 1 aromatic rings. The Morgan fingerprint density at radius 1 is 1.13 bits per heavy atom. The molecule has 0 aliphatic carbocycles. The minimum absolute atomic E-state index is 0.0357. The van der Waals surface area contributed by atoms with Crippen molar-refractivity contribution >= 4 is 15.8 Å². The summed E-state index contributed by atoms with van der Waals surface area (Å²) in [6.07, 6.45) is 0.503. The molecule has 1 aromatic carbocycles. The molecule has 0 bridgehead atoms. The topological polar surface area (TPSA) is 57.7 Å². The van der Waals surface area contributed by atoms with Crippen LogP contribution in [0.4, 0.5) is 0 Å². The molecule has 0 N–H and O–H groups in total. The van der Waals surface area contributed by atoms with Crippen molar-refractivity contribution in [3.8, 4) is 0 Å². The van der Waals surface area contributed by atoms with Crippen molar-refractivity contribution in [3.63, 3.8) is 0 Å². The van der Waals surface area contributed by atoms with Crippen LogP contribution < -0.4 is 0 Å². The van der Waals surface area contributed by atoms with Crippen molar-refractivity contribution in [3.05, 3.63) is 29.8 Å². The molecule has 0 unspecified atom stereocenters. The molecule has 0 amide bonds. The Bertz CT molecular complexity index is 714. The Morgan fingerprint density at radius 3 is 2.35 bits per heavy atom. The van der Waals surface area contributed by atoms with Gasteiger partial charge in [-0.15, -0.1) is 0 Å². The van der Waals surface area contributed by atoms with Gasteiger partial charge in [0.1, 0.15) is 5.78 Å². The molecule has 0 aromatic heterocycles. The molecule has 2 saturated heterocycles. The monoisotopic (exact) mass is 336 g/mol. The first-order chi connectivity index (χ1) is 10.7. The number of hydrogen-bond acceptors (Lipinski definition) is 4. The summed E-state index contributed by atoms with van der Waals surface area (Å²) in [4.78, 5) is 14.9. The molecule has 3 rings (SSSR count). The number of benzene rings is 1. The van der Waals surface area contributed by atoms with Gasteiger partial charge in [-0.3, -0.25) is 9.69 Å². The zero-order valence-electron chi connectivity index (χ0n) is 14.1. The van der Waals surface area contributed by atoms with Crippen LogP contribution in [0.1, 0.15) is 25.8 Å². The van der Waals surface area contributed by atoms with Gasteiger partial charge in [0, 0.05) is 37.0 Å². The maximum atomic E-state index is 13.0. The van der Waals surface area contributed by atoms with Gasteiger partial charge in [-0.05, 0) is 40.0 Å². The van der Waals surface area contributed by atoms with E-state index in [9.17, 15) is 13.2 Å². The van der Waals surface area contributed by atoms with Crippen molar-refractivity contribution in [1.29, 1.82) is 0 Å². The number of likely N-dealkylation sites (tertiary alicyclic amines) is 1. The molecule has 2 fully saturated rings. The second-order valence-corrected chi connectivity index (χ2v) is 8.80. The first-order valence-electron chi connectivity index (χ1n) is 8.06. The molecule has 6 heteroatoms. The van der Waals surface area contributed by atoms with Gasteiger partial charge in [0.05, 0.1) is 4.90 Å². The molecule has 2 heterocycles. The van der Waals surface area contributed by atoms with Crippen LogP contribution in [0.3, 0.4) is 0 Å². The van der Waals surface area contributed by atoms with Gasteiger partial charge in [-0.1, -0.05) is 17.7 Å². The lowest BCUT2D eigenvalue weighted by Gasteiger charge is -2.40. The molecular weight excluding hydrogens is 312 g/mol. The largest absolute Gasteiger partial charge is 0.299 e. The number of likely N-dealkylation sites (N-methyl/N-ethyl adjacent to an activating group) is 1. The number of hydrogen-bond donors (Lipinski definition) is 0. The van der Waals surface area contributed by atoms with Crippen LogP contribution >= 0.6 is 0 Å². The standard InChI is InChI=1S/C17H24N2O3S/c1-11-5-7-14(8-6-11)23(21,22)19-10-15-16(20)9-12(2)18(4)17(15)13(19)3/h5-8,12-13,15,17H,9-10H2,1-4H3/t12-,13+,15+,17+/m1/s1. The van der Waals surface area contributed by atoms with Gasteiger partial charge < -0.3 is 0 Å². The summed E-state index contributed by atoms with van der Waals surface area (Å²) in [6, 6.07) is 6.82. The van der Waals surface area contributed by atoms with Crippen molar-refractivity contribution in [2.45, 2.75) is 50.2 Å². The summed E-state index contributed by atoms with van der Waals surface area (Å²) in [7, 11) is -1.58. The highest BCUT2D eigenvalue weighted by atomic mass is 32.2. The number of carbonyl (C=O) groups excluding carboxylic acids is 1. The number of fused-ring (bicyclic) bond motifs is 1. The Kier molecular flexibility index (Phi) is 4.11. The van der Waals surface area contributed by atoms with E-state index in [-0.39, 0.29) is 36.4 Å². The fourth-order valence-electron chi connectivity index (χ4n) is 3.93. The molecular formula is C17H24N2O3S. The number of carbonyl (C=O) groups is 1. The normalized spacial score (nSPS) is 33.0. The second kappa shape index (κ2) is 5.69. The summed E-state index contributed by atoms with van der Waals surface area (Å²) < 4.78 is 27.5. The number of aryl methyl sites for hydroxylation is 1. The predicted octanol–water partition coefficient (Wildman–Crippen LogP) is 1.67. The third-order valence-electron chi connectivity index (χ3n) is 5.44. The molecule has 0 spiro atoms. The molecule has 2 aliphatic heterocycles. The molecule has 5 nitrogen and oxygen atoms in total. The van der Waals surface area contributed by atoms with E-state index in [1.165, 1.54) is 4.31 Å². The van der Waals surface area contributed by atoms with E-state index in [0.717, 1.165) is 5.56 Å². The van der Waals surface area contributed by atoms with Gasteiger partial charge >= 0.3 is 0 Å². The van der Waals surface area contributed by atoms with Gasteiger partial charge in [-0.2, -0.15) is 4.31 Å². The number of Topliss-reactive ketones (excluding diaryl/α,β-unsaturated/α-hetero) is 1. The van der Waals surface area contributed by atoms with Crippen molar-refractivity contribution in [1.82, 2.24) is 9.21 Å². The molecule has 126 valence electrons. The smallest absolute Gasteiger partial charge is 0.243 e. The number of piperidine rings is 1. The average molecular weight is 336 g/mol. The van der Waals surface area contributed by atoms with Crippen LogP contribution in [0.15, 0.2) is 29.2 Å². The maximum Gasteiger partial charge on any atom is 0.243 e. The van der Waals surface area contributed by atoms with Crippen molar-refractivity contribution < 1.29 is 13.2 Å². The molecule has 2 aliphatic rings. The highest BCUT2D eigenvalue weighted by Gasteiger charge is 2.52. The third kappa shape index (κ3) is 2.62. The van der Waals surface area contributed by atoms with Crippen molar-refractivity contribution in [2.24, 2.45) is 5.92 Å². The highest BCUT2D eigenvalue weighted by Crippen LogP contribution is 2.37. The van der Waals surface area contributed by atoms with E-state index in [2.05, 4.69) is 4.90 Å². The summed E-state index contributed by atoms with van der Waals surface area (Å²) in [5, 5.41) is 0. The zero-order valence-corrected chi connectivity index (χ0v) is 14.9. The van der Waals surface area contributed by atoms with E-state index in [4.69, 9.17) is 0 Å². The third-order valence-corrected chi connectivity index (χ3v) is 7.41. The van der Waals surface area contributed by atoms with Crippen LogP contribution in [0.5, 0.6) is 0 Å². The lowest BCUT2D eigenvalue weighted by Crippen LogP contribution is -2.54. The van der Waals surface area contributed by atoms with Crippen LogP contribution in [0.2, 0.25) is 0 Å². The molecule has 4 atom stereocenters. The van der Waals surface area contributed by atoms with Gasteiger partial charge in [0.25, 0.3) is 0 Å². The van der Waals surface area contributed by atoms with Gasteiger partial charge in [0.15, 0.2) is 0 Å². The minimum atomic E-state index is -3.57. The first-order valence-corrected chi connectivity index (χ1v) is 9.50.